The highest BCUT2D eigenvalue weighted by Crippen LogP contribution is 2.39. The summed E-state index contributed by atoms with van der Waals surface area (Å²) < 4.78 is 1.36. The maximum absolute atomic E-state index is 11.4. The molecule has 2 rings (SSSR count). The predicted octanol–water partition coefficient (Wildman–Crippen LogP) is 4.44. The van der Waals surface area contributed by atoms with Crippen molar-refractivity contribution < 1.29 is 4.79 Å². The van der Waals surface area contributed by atoms with Crippen molar-refractivity contribution in [3.63, 3.8) is 0 Å². The molecular formula is C18H27BrN2OS. The molecule has 3 nitrogen and oxygen atoms in total. The van der Waals surface area contributed by atoms with Gasteiger partial charge >= 0.3 is 0 Å². The van der Waals surface area contributed by atoms with Crippen LogP contribution in [0.1, 0.15) is 46.1 Å². The Hall–Kier alpha value is -0.520. The summed E-state index contributed by atoms with van der Waals surface area (Å²) >= 11 is 5.60. The first kappa shape index (κ1) is 18.8. The van der Waals surface area contributed by atoms with Crippen LogP contribution in [0.4, 0.5) is 0 Å². The van der Waals surface area contributed by atoms with Crippen LogP contribution in [-0.4, -0.2) is 34.7 Å². The van der Waals surface area contributed by atoms with E-state index in [1.807, 2.05) is 16.7 Å². The van der Waals surface area contributed by atoms with Crippen LogP contribution < -0.4 is 5.32 Å². The molecule has 1 N–H and O–H groups in total. The largest absolute Gasteiger partial charge is 0.343 e. The summed E-state index contributed by atoms with van der Waals surface area (Å²) in [4.78, 5) is 14.7. The Morgan fingerprint density at radius 2 is 2.00 bits per heavy atom. The Morgan fingerprint density at radius 1 is 1.35 bits per heavy atom. The Balaban J connectivity index is 1.96. The number of nitrogens with one attached hydrogen (secondary N) is 1. The van der Waals surface area contributed by atoms with E-state index in [0.717, 1.165) is 32.5 Å². The first-order valence-electron chi connectivity index (χ1n) is 8.21. The number of thioether (sulfide) groups is 1. The molecule has 23 heavy (non-hydrogen) atoms. The van der Waals surface area contributed by atoms with Gasteiger partial charge in [0, 0.05) is 46.7 Å². The molecule has 0 atom stereocenters. The molecule has 1 fully saturated rings. The Labute approximate surface area is 152 Å². The summed E-state index contributed by atoms with van der Waals surface area (Å²) in [5.74, 6) is 0.194. The van der Waals surface area contributed by atoms with Crippen LogP contribution in [0.25, 0.3) is 0 Å². The maximum Gasteiger partial charge on any atom is 0.219 e. The van der Waals surface area contributed by atoms with Crippen molar-refractivity contribution in [1.29, 1.82) is 0 Å². The Morgan fingerprint density at radius 3 is 2.57 bits per heavy atom. The lowest BCUT2D eigenvalue weighted by molar-refractivity contribution is -0.129. The van der Waals surface area contributed by atoms with E-state index in [4.69, 9.17) is 0 Å². The molecule has 128 valence electrons. The number of piperidine rings is 1. The van der Waals surface area contributed by atoms with E-state index in [-0.39, 0.29) is 10.7 Å². The first-order valence-corrected chi connectivity index (χ1v) is 9.82. The van der Waals surface area contributed by atoms with Crippen molar-refractivity contribution in [2.45, 2.75) is 62.8 Å². The van der Waals surface area contributed by atoms with Crippen molar-refractivity contribution in [1.82, 2.24) is 10.2 Å². The van der Waals surface area contributed by atoms with Gasteiger partial charge in [-0.05, 0) is 40.4 Å². The minimum atomic E-state index is 0.186. The molecule has 0 radical (unpaired) electrons. The number of carbonyl (C=O) groups excluding carboxylic acids is 1. The van der Waals surface area contributed by atoms with Gasteiger partial charge in [0.1, 0.15) is 0 Å². The van der Waals surface area contributed by atoms with Crippen LogP contribution in [0, 0.1) is 0 Å². The van der Waals surface area contributed by atoms with Gasteiger partial charge in [0.2, 0.25) is 5.91 Å². The minimum Gasteiger partial charge on any atom is -0.343 e. The number of likely N-dealkylation sites (tertiary alicyclic amines) is 1. The maximum atomic E-state index is 11.4. The molecule has 0 bridgehead atoms. The van der Waals surface area contributed by atoms with E-state index < -0.39 is 0 Å². The Kier molecular flexibility index (Phi) is 6.57. The lowest BCUT2D eigenvalue weighted by atomic mass is 10.0. The molecule has 0 aromatic heterocycles. The predicted molar refractivity (Wildman–Crippen MR) is 102 cm³/mol. The van der Waals surface area contributed by atoms with Gasteiger partial charge in [0.25, 0.3) is 0 Å². The fraction of sp³-hybridized carbons (Fsp3) is 0.611. The SMILES string of the molecule is CC(=O)N1CCC(NCc2cccc(Br)c2SC(C)(C)C)CC1. The topological polar surface area (TPSA) is 32.3 Å². The quantitative estimate of drug-likeness (QED) is 0.760. The van der Waals surface area contributed by atoms with E-state index in [9.17, 15) is 4.79 Å². The van der Waals surface area contributed by atoms with Crippen LogP contribution in [0.15, 0.2) is 27.6 Å². The van der Waals surface area contributed by atoms with E-state index >= 15 is 0 Å². The zero-order valence-electron chi connectivity index (χ0n) is 14.5. The van der Waals surface area contributed by atoms with E-state index in [2.05, 4.69) is 60.2 Å². The molecule has 5 heteroatoms. The number of rotatable bonds is 4. The van der Waals surface area contributed by atoms with Gasteiger partial charge in [0.15, 0.2) is 0 Å². The lowest BCUT2D eigenvalue weighted by Gasteiger charge is -2.32. The van der Waals surface area contributed by atoms with Gasteiger partial charge in [-0.1, -0.05) is 32.9 Å². The molecule has 1 aliphatic rings. The van der Waals surface area contributed by atoms with Gasteiger partial charge in [-0.2, -0.15) is 0 Å². The van der Waals surface area contributed by atoms with Gasteiger partial charge in [-0.15, -0.1) is 11.8 Å². The summed E-state index contributed by atoms with van der Waals surface area (Å²) in [6.07, 6.45) is 2.07. The second-order valence-corrected chi connectivity index (χ2v) is 9.80. The highest BCUT2D eigenvalue weighted by atomic mass is 79.9. The molecular weight excluding hydrogens is 372 g/mol. The number of nitrogens with zero attached hydrogens (tertiary/aromatic N) is 1. The zero-order chi connectivity index (χ0) is 17.0. The second-order valence-electron chi connectivity index (χ2n) is 7.10. The zero-order valence-corrected chi connectivity index (χ0v) is 16.9. The smallest absolute Gasteiger partial charge is 0.219 e. The summed E-state index contributed by atoms with van der Waals surface area (Å²) in [5.41, 5.74) is 1.34. The van der Waals surface area contributed by atoms with Crippen molar-refractivity contribution >= 4 is 33.6 Å². The van der Waals surface area contributed by atoms with Crippen LogP contribution in [0.3, 0.4) is 0 Å². The summed E-state index contributed by atoms with van der Waals surface area (Å²) in [6, 6.07) is 6.92. The molecule has 1 saturated heterocycles. The van der Waals surface area contributed by atoms with Gasteiger partial charge in [0.05, 0.1) is 0 Å². The normalized spacial score (nSPS) is 16.7. The van der Waals surface area contributed by atoms with Crippen LogP contribution in [0.5, 0.6) is 0 Å². The minimum absolute atomic E-state index is 0.186. The lowest BCUT2D eigenvalue weighted by Crippen LogP contribution is -2.44. The van der Waals surface area contributed by atoms with Crippen molar-refractivity contribution in [2.75, 3.05) is 13.1 Å². The monoisotopic (exact) mass is 398 g/mol. The first-order chi connectivity index (χ1) is 10.8. The molecule has 0 unspecified atom stereocenters. The highest BCUT2D eigenvalue weighted by Gasteiger charge is 2.21. The second kappa shape index (κ2) is 8.04. The number of carbonyl (C=O) groups is 1. The average Bonchev–Trinajstić information content (AvgIpc) is 2.47. The molecule has 1 aromatic carbocycles. The van der Waals surface area contributed by atoms with Gasteiger partial charge in [-0.25, -0.2) is 0 Å². The molecule has 1 heterocycles. The van der Waals surface area contributed by atoms with Crippen molar-refractivity contribution in [2.24, 2.45) is 0 Å². The third kappa shape index (κ3) is 5.80. The van der Waals surface area contributed by atoms with Crippen molar-refractivity contribution in [3.05, 3.63) is 28.2 Å². The fourth-order valence-electron chi connectivity index (χ4n) is 2.77. The number of halogens is 1. The van der Waals surface area contributed by atoms with Crippen LogP contribution >= 0.6 is 27.7 Å². The molecule has 0 spiro atoms. The number of amides is 1. The molecule has 0 saturated carbocycles. The summed E-state index contributed by atoms with van der Waals surface area (Å²) in [7, 11) is 0. The molecule has 1 aliphatic heterocycles. The van der Waals surface area contributed by atoms with Crippen molar-refractivity contribution in [3.8, 4) is 0 Å². The van der Waals surface area contributed by atoms with E-state index in [1.54, 1.807) is 6.92 Å². The number of benzene rings is 1. The average molecular weight is 399 g/mol. The van der Waals surface area contributed by atoms with Crippen LogP contribution in [0.2, 0.25) is 0 Å². The number of hydrogen-bond donors (Lipinski definition) is 1. The van der Waals surface area contributed by atoms with Crippen LogP contribution in [-0.2, 0) is 11.3 Å². The summed E-state index contributed by atoms with van der Waals surface area (Å²) in [6.45, 7) is 11.0. The molecule has 0 aliphatic carbocycles. The standard InChI is InChI=1S/C18H27BrN2OS/c1-13(22)21-10-8-15(9-11-21)20-12-14-6-5-7-16(19)17(14)23-18(2,3)4/h5-7,15,20H,8-12H2,1-4H3. The summed E-state index contributed by atoms with van der Waals surface area (Å²) in [5, 5.41) is 3.68. The van der Waals surface area contributed by atoms with Gasteiger partial charge in [-0.3, -0.25) is 4.79 Å². The highest BCUT2D eigenvalue weighted by molar-refractivity contribution is 9.10. The molecule has 1 amide bonds. The molecule has 1 aromatic rings. The third-order valence-corrected chi connectivity index (χ3v) is 6.20. The number of hydrogen-bond acceptors (Lipinski definition) is 3. The third-order valence-electron chi connectivity index (χ3n) is 3.98. The van der Waals surface area contributed by atoms with Gasteiger partial charge < -0.3 is 10.2 Å². The Bertz CT molecular complexity index is 548. The fourth-order valence-corrected chi connectivity index (χ4v) is 4.47. The van der Waals surface area contributed by atoms with E-state index in [0.29, 0.717) is 6.04 Å². The van der Waals surface area contributed by atoms with E-state index in [1.165, 1.54) is 14.9 Å².